The minimum Gasteiger partial charge on any atom is -0.480 e. The first kappa shape index (κ1) is 17.5. The molecule has 4 aromatic rings. The van der Waals surface area contributed by atoms with Gasteiger partial charge in [0.15, 0.2) is 0 Å². The molecule has 0 radical (unpaired) electrons. The van der Waals surface area contributed by atoms with Gasteiger partial charge in [-0.1, -0.05) is 24.3 Å². The fourth-order valence-corrected chi connectivity index (χ4v) is 4.07. The molecule has 0 aliphatic carbocycles. The summed E-state index contributed by atoms with van der Waals surface area (Å²) in [5.74, 6) is -0.484. The number of hydrogen-bond acceptors (Lipinski definition) is 5. The van der Waals surface area contributed by atoms with Crippen LogP contribution >= 0.6 is 0 Å². The van der Waals surface area contributed by atoms with Crippen molar-refractivity contribution in [1.82, 2.24) is 9.55 Å². The standard InChI is InChI=1S/C22H19N3O4/c1-12(13-6-8-19-15(10-13)14-4-2-3-5-18(14)29-19)24-16-11-23-20-9-7-17(22(27)28)25(20)21(16)26/h2-6,8,10-12,17,24H,7,9H2,1H3,(H,27,28)/t12-,17+/m1/s1. The molecule has 7 nitrogen and oxygen atoms in total. The smallest absolute Gasteiger partial charge is 0.326 e. The quantitative estimate of drug-likeness (QED) is 0.550. The Labute approximate surface area is 165 Å². The molecule has 2 aromatic carbocycles. The highest BCUT2D eigenvalue weighted by Crippen LogP contribution is 2.31. The Bertz CT molecular complexity index is 1320. The molecule has 0 saturated heterocycles. The minimum atomic E-state index is -1.00. The molecule has 146 valence electrons. The first-order valence-corrected chi connectivity index (χ1v) is 9.54. The van der Waals surface area contributed by atoms with Crippen LogP contribution < -0.4 is 10.9 Å². The topological polar surface area (TPSA) is 97.4 Å². The zero-order chi connectivity index (χ0) is 20.1. The maximum Gasteiger partial charge on any atom is 0.326 e. The third-order valence-electron chi connectivity index (χ3n) is 5.58. The summed E-state index contributed by atoms with van der Waals surface area (Å²) in [6, 6.07) is 12.8. The van der Waals surface area contributed by atoms with E-state index in [1.54, 1.807) is 0 Å². The average Bonchev–Trinajstić information content (AvgIpc) is 3.31. The van der Waals surface area contributed by atoms with Crippen LogP contribution in [0.5, 0.6) is 0 Å². The van der Waals surface area contributed by atoms with Crippen LogP contribution in [0.25, 0.3) is 21.9 Å². The number of furan rings is 1. The van der Waals surface area contributed by atoms with Crippen LogP contribution in [0.4, 0.5) is 5.69 Å². The van der Waals surface area contributed by atoms with Gasteiger partial charge in [0.05, 0.1) is 6.20 Å². The van der Waals surface area contributed by atoms with Gasteiger partial charge < -0.3 is 14.8 Å². The molecule has 2 aromatic heterocycles. The van der Waals surface area contributed by atoms with E-state index in [9.17, 15) is 14.7 Å². The molecule has 0 fully saturated rings. The third kappa shape index (κ3) is 2.77. The predicted molar refractivity (Wildman–Crippen MR) is 109 cm³/mol. The number of carboxylic acids is 1. The lowest BCUT2D eigenvalue weighted by Gasteiger charge is -2.17. The summed E-state index contributed by atoms with van der Waals surface area (Å²) in [7, 11) is 0. The number of benzene rings is 2. The van der Waals surface area contributed by atoms with Gasteiger partial charge >= 0.3 is 5.97 Å². The number of nitrogens with zero attached hydrogens (tertiary/aromatic N) is 2. The molecule has 0 bridgehead atoms. The Morgan fingerprint density at radius 3 is 2.86 bits per heavy atom. The summed E-state index contributed by atoms with van der Waals surface area (Å²) in [6.45, 7) is 1.95. The van der Waals surface area contributed by atoms with Crippen molar-refractivity contribution >= 4 is 33.6 Å². The third-order valence-corrected chi connectivity index (χ3v) is 5.58. The van der Waals surface area contributed by atoms with Crippen molar-refractivity contribution in [3.63, 3.8) is 0 Å². The lowest BCUT2D eigenvalue weighted by atomic mass is 10.0. The summed E-state index contributed by atoms with van der Waals surface area (Å²) in [5, 5.41) is 14.6. The number of aliphatic carboxylic acids is 1. The number of hydrogen-bond donors (Lipinski definition) is 2. The zero-order valence-corrected chi connectivity index (χ0v) is 15.8. The second kappa shape index (κ2) is 6.48. The summed E-state index contributed by atoms with van der Waals surface area (Å²) < 4.78 is 7.17. The van der Waals surface area contributed by atoms with Crippen molar-refractivity contribution in [3.05, 3.63) is 70.4 Å². The zero-order valence-electron chi connectivity index (χ0n) is 15.8. The van der Waals surface area contributed by atoms with Crippen molar-refractivity contribution in [1.29, 1.82) is 0 Å². The van der Waals surface area contributed by atoms with Crippen molar-refractivity contribution in [2.45, 2.75) is 31.8 Å². The summed E-state index contributed by atoms with van der Waals surface area (Å²) in [5.41, 5.74) is 2.59. The van der Waals surface area contributed by atoms with E-state index in [-0.39, 0.29) is 11.6 Å². The Morgan fingerprint density at radius 2 is 2.03 bits per heavy atom. The van der Waals surface area contributed by atoms with E-state index in [4.69, 9.17) is 4.42 Å². The van der Waals surface area contributed by atoms with Gasteiger partial charge in [-0.3, -0.25) is 9.36 Å². The fraction of sp³-hybridized carbons (Fsp3) is 0.227. The highest BCUT2D eigenvalue weighted by atomic mass is 16.4. The molecule has 0 spiro atoms. The molecular weight excluding hydrogens is 370 g/mol. The van der Waals surface area contributed by atoms with Crippen LogP contribution in [0.1, 0.15) is 36.8 Å². The van der Waals surface area contributed by atoms with Crippen molar-refractivity contribution in [2.75, 3.05) is 5.32 Å². The number of anilines is 1. The molecule has 0 saturated carbocycles. The highest BCUT2D eigenvalue weighted by Gasteiger charge is 2.31. The lowest BCUT2D eigenvalue weighted by Crippen LogP contribution is -2.30. The number of aromatic nitrogens is 2. The molecule has 1 aliphatic heterocycles. The van der Waals surface area contributed by atoms with Gasteiger partial charge in [-0.2, -0.15) is 0 Å². The van der Waals surface area contributed by atoms with Crippen LogP contribution in [0.15, 0.2) is 57.9 Å². The molecule has 29 heavy (non-hydrogen) atoms. The van der Waals surface area contributed by atoms with Crippen molar-refractivity contribution in [3.8, 4) is 0 Å². The number of rotatable bonds is 4. The van der Waals surface area contributed by atoms with E-state index in [0.717, 1.165) is 27.5 Å². The number of para-hydroxylation sites is 1. The van der Waals surface area contributed by atoms with Crippen LogP contribution in [0.2, 0.25) is 0 Å². The van der Waals surface area contributed by atoms with Crippen LogP contribution in [-0.2, 0) is 11.2 Å². The van der Waals surface area contributed by atoms with E-state index in [2.05, 4.69) is 16.4 Å². The minimum absolute atomic E-state index is 0.175. The number of carbonyl (C=O) groups is 1. The van der Waals surface area contributed by atoms with Gasteiger partial charge in [0.25, 0.3) is 5.56 Å². The van der Waals surface area contributed by atoms with Gasteiger partial charge in [0.2, 0.25) is 0 Å². The normalized spacial score (nSPS) is 16.8. The second-order valence-electron chi connectivity index (χ2n) is 7.38. The monoisotopic (exact) mass is 389 g/mol. The summed E-state index contributed by atoms with van der Waals surface area (Å²) in [4.78, 5) is 28.6. The van der Waals surface area contributed by atoms with Crippen molar-refractivity contribution in [2.24, 2.45) is 0 Å². The van der Waals surface area contributed by atoms with Gasteiger partial charge in [-0.05, 0) is 37.1 Å². The van der Waals surface area contributed by atoms with Gasteiger partial charge in [-0.25, -0.2) is 9.78 Å². The molecule has 2 atom stereocenters. The summed E-state index contributed by atoms with van der Waals surface area (Å²) >= 11 is 0. The SMILES string of the molecule is C[C@@H](Nc1cnc2n(c1=O)[C@H](C(=O)O)CC2)c1ccc2oc3ccccc3c2c1. The molecule has 0 amide bonds. The molecule has 2 N–H and O–H groups in total. The summed E-state index contributed by atoms with van der Waals surface area (Å²) in [6.07, 6.45) is 2.38. The highest BCUT2D eigenvalue weighted by molar-refractivity contribution is 6.05. The maximum atomic E-state index is 12.9. The second-order valence-corrected chi connectivity index (χ2v) is 7.38. The van der Waals surface area contributed by atoms with Crippen LogP contribution in [-0.4, -0.2) is 20.6 Å². The Morgan fingerprint density at radius 1 is 1.24 bits per heavy atom. The molecule has 5 rings (SSSR count). The van der Waals surface area contributed by atoms with E-state index >= 15 is 0 Å². The van der Waals surface area contributed by atoms with Gasteiger partial charge in [-0.15, -0.1) is 0 Å². The van der Waals surface area contributed by atoms with E-state index in [1.807, 2.05) is 43.3 Å². The molecule has 0 unspecified atom stereocenters. The first-order valence-electron chi connectivity index (χ1n) is 9.54. The van der Waals surface area contributed by atoms with E-state index in [1.165, 1.54) is 10.8 Å². The predicted octanol–water partition coefficient (Wildman–Crippen LogP) is 3.89. The Balaban J connectivity index is 1.50. The first-order chi connectivity index (χ1) is 14.0. The van der Waals surface area contributed by atoms with Crippen LogP contribution in [0, 0.1) is 0 Å². The average molecular weight is 389 g/mol. The number of carboxylic acid groups (broad SMARTS) is 1. The van der Waals surface area contributed by atoms with E-state index in [0.29, 0.717) is 24.4 Å². The molecule has 1 aliphatic rings. The lowest BCUT2D eigenvalue weighted by molar-refractivity contribution is -0.140. The number of aryl methyl sites for hydroxylation is 1. The largest absolute Gasteiger partial charge is 0.480 e. The maximum absolute atomic E-state index is 12.9. The van der Waals surface area contributed by atoms with Crippen molar-refractivity contribution < 1.29 is 14.3 Å². The fourth-order valence-electron chi connectivity index (χ4n) is 4.07. The van der Waals surface area contributed by atoms with Crippen LogP contribution in [0.3, 0.4) is 0 Å². The number of fused-ring (bicyclic) bond motifs is 4. The van der Waals surface area contributed by atoms with Gasteiger partial charge in [0, 0.05) is 23.2 Å². The molecule has 3 heterocycles. The van der Waals surface area contributed by atoms with Gasteiger partial charge in [0.1, 0.15) is 28.7 Å². The Hall–Kier alpha value is -3.61. The number of nitrogens with one attached hydrogen (secondary N) is 1. The molecular formula is C22H19N3O4. The van der Waals surface area contributed by atoms with E-state index < -0.39 is 12.0 Å². The molecule has 7 heteroatoms. The Kier molecular flexibility index (Phi) is 3.91.